The van der Waals surface area contributed by atoms with Gasteiger partial charge in [-0.15, -0.1) is 0 Å². The zero-order valence-electron chi connectivity index (χ0n) is 7.87. The van der Waals surface area contributed by atoms with Crippen LogP contribution in [0.15, 0.2) is 34.9 Å². The lowest BCUT2D eigenvalue weighted by atomic mass is 9.81. The van der Waals surface area contributed by atoms with Crippen LogP contribution in [0.4, 0.5) is 0 Å². The zero-order valence-corrected chi connectivity index (χ0v) is 8.69. The van der Waals surface area contributed by atoms with E-state index in [0.717, 1.165) is 17.7 Å². The van der Waals surface area contributed by atoms with Crippen LogP contribution < -0.4 is 4.72 Å². The monoisotopic (exact) mass is 209 g/mol. The van der Waals surface area contributed by atoms with E-state index in [-0.39, 0.29) is 0 Å². The van der Waals surface area contributed by atoms with Crippen molar-refractivity contribution in [1.29, 1.82) is 0 Å². The smallest absolute Gasteiger partial charge is 0.258 e. The van der Waals surface area contributed by atoms with Crippen LogP contribution in [0, 0.1) is 11.3 Å². The minimum absolute atomic E-state index is 0.324. The van der Waals surface area contributed by atoms with E-state index < -0.39 is 15.4 Å². The lowest BCUT2D eigenvalue weighted by Gasteiger charge is -2.23. The maximum absolute atomic E-state index is 11.6. The van der Waals surface area contributed by atoms with Crippen LogP contribution in [0.1, 0.15) is 13.3 Å². The van der Waals surface area contributed by atoms with Gasteiger partial charge in [-0.25, -0.2) is 8.42 Å². The van der Waals surface area contributed by atoms with E-state index in [0.29, 0.717) is 10.8 Å². The minimum atomic E-state index is -3.31. The molecule has 1 aliphatic heterocycles. The van der Waals surface area contributed by atoms with Crippen molar-refractivity contribution in [3.8, 4) is 0 Å². The molecular weight excluding hydrogens is 198 g/mol. The Hall–Kier alpha value is -1.03. The summed E-state index contributed by atoms with van der Waals surface area (Å²) in [6, 6.07) is 0. The van der Waals surface area contributed by atoms with Gasteiger partial charge in [0.2, 0.25) is 0 Å². The SMILES string of the molecule is C=C1C23CC(C=C2C)C=C3NS1(=O)=O. The average Bonchev–Trinajstić information content (AvgIpc) is 2.61. The molecule has 0 amide bonds. The molecule has 1 saturated heterocycles. The van der Waals surface area contributed by atoms with Crippen molar-refractivity contribution in [2.45, 2.75) is 13.3 Å². The molecule has 3 rings (SSSR count). The van der Waals surface area contributed by atoms with E-state index in [4.69, 9.17) is 0 Å². The molecule has 0 saturated carbocycles. The highest BCUT2D eigenvalue weighted by Gasteiger charge is 2.57. The maximum atomic E-state index is 11.6. The van der Waals surface area contributed by atoms with Crippen molar-refractivity contribution in [1.82, 2.24) is 4.72 Å². The highest BCUT2D eigenvalue weighted by Crippen LogP contribution is 2.60. The van der Waals surface area contributed by atoms with E-state index in [1.807, 2.05) is 13.0 Å². The van der Waals surface area contributed by atoms with E-state index in [2.05, 4.69) is 17.4 Å². The minimum Gasteiger partial charge on any atom is -0.283 e. The molecule has 2 atom stereocenters. The summed E-state index contributed by atoms with van der Waals surface area (Å²) in [5.41, 5.74) is 1.55. The molecule has 14 heavy (non-hydrogen) atoms. The third-order valence-electron chi connectivity index (χ3n) is 3.56. The van der Waals surface area contributed by atoms with Crippen LogP contribution in [0.3, 0.4) is 0 Å². The lowest BCUT2D eigenvalue weighted by Crippen LogP contribution is -2.18. The van der Waals surface area contributed by atoms with Gasteiger partial charge in [-0.1, -0.05) is 24.3 Å². The topological polar surface area (TPSA) is 46.2 Å². The molecule has 1 heterocycles. The van der Waals surface area contributed by atoms with Gasteiger partial charge in [0.25, 0.3) is 10.0 Å². The maximum Gasteiger partial charge on any atom is 0.258 e. The first kappa shape index (κ1) is 8.29. The number of fused-ring (bicyclic) bond motifs is 1. The fourth-order valence-electron chi connectivity index (χ4n) is 2.86. The summed E-state index contributed by atoms with van der Waals surface area (Å²) in [6.45, 7) is 5.72. The van der Waals surface area contributed by atoms with Crippen molar-refractivity contribution in [2.75, 3.05) is 0 Å². The Morgan fingerprint density at radius 3 is 2.86 bits per heavy atom. The van der Waals surface area contributed by atoms with Gasteiger partial charge >= 0.3 is 0 Å². The molecule has 3 nitrogen and oxygen atoms in total. The molecule has 1 spiro atoms. The molecular formula is C10H11NO2S. The highest BCUT2D eigenvalue weighted by molar-refractivity contribution is 7.93. The fraction of sp³-hybridized carbons (Fsp3) is 0.400. The largest absolute Gasteiger partial charge is 0.283 e. The Balaban J connectivity index is 2.31. The lowest BCUT2D eigenvalue weighted by molar-refractivity contribution is 0.538. The summed E-state index contributed by atoms with van der Waals surface area (Å²) in [5, 5.41) is 0. The van der Waals surface area contributed by atoms with Crippen LogP contribution in [-0.4, -0.2) is 8.42 Å². The van der Waals surface area contributed by atoms with E-state index in [1.54, 1.807) is 0 Å². The molecule has 2 aliphatic carbocycles. The van der Waals surface area contributed by atoms with Crippen LogP contribution in [0.25, 0.3) is 0 Å². The molecule has 1 fully saturated rings. The van der Waals surface area contributed by atoms with Crippen molar-refractivity contribution in [3.63, 3.8) is 0 Å². The predicted molar refractivity (Wildman–Crippen MR) is 53.6 cm³/mol. The molecule has 74 valence electrons. The summed E-state index contributed by atoms with van der Waals surface area (Å²) < 4.78 is 25.8. The first-order valence-electron chi connectivity index (χ1n) is 4.60. The summed E-state index contributed by atoms with van der Waals surface area (Å²) in [5.74, 6) is 0.393. The fourth-order valence-corrected chi connectivity index (χ4v) is 4.33. The third-order valence-corrected chi connectivity index (χ3v) is 5.05. The first-order valence-corrected chi connectivity index (χ1v) is 6.08. The molecule has 4 heteroatoms. The number of rotatable bonds is 0. The molecule has 0 aromatic heterocycles. The van der Waals surface area contributed by atoms with Gasteiger partial charge in [0.15, 0.2) is 0 Å². The second kappa shape index (κ2) is 1.98. The van der Waals surface area contributed by atoms with E-state index >= 15 is 0 Å². The average molecular weight is 209 g/mol. The van der Waals surface area contributed by atoms with Gasteiger partial charge in [-0.05, 0) is 19.3 Å². The van der Waals surface area contributed by atoms with Gasteiger partial charge in [0.05, 0.1) is 10.3 Å². The highest BCUT2D eigenvalue weighted by atomic mass is 32.2. The quantitative estimate of drug-likeness (QED) is 0.611. The number of sulfonamides is 1. The van der Waals surface area contributed by atoms with Crippen LogP contribution >= 0.6 is 0 Å². The van der Waals surface area contributed by atoms with Crippen molar-refractivity contribution in [2.24, 2.45) is 11.3 Å². The third kappa shape index (κ3) is 0.650. The molecule has 0 aromatic rings. The standard InChI is InChI=1S/C10H11NO2S/c1-6-3-8-4-9-10(6,5-8)7(2)14(12,13)11-9/h3-4,8,11H,2,5H2,1H3. The molecule has 3 aliphatic rings. The van der Waals surface area contributed by atoms with Crippen LogP contribution in [0.5, 0.6) is 0 Å². The van der Waals surface area contributed by atoms with Gasteiger partial charge < -0.3 is 0 Å². The van der Waals surface area contributed by atoms with Gasteiger partial charge in [0.1, 0.15) is 0 Å². The Bertz CT molecular complexity index is 512. The normalized spacial score (nSPS) is 41.8. The van der Waals surface area contributed by atoms with Gasteiger partial charge in [-0.2, -0.15) is 0 Å². The summed E-state index contributed by atoms with van der Waals surface area (Å²) in [7, 11) is -3.31. The second-order valence-electron chi connectivity index (χ2n) is 4.23. The van der Waals surface area contributed by atoms with Crippen LogP contribution in [-0.2, 0) is 10.0 Å². The first-order chi connectivity index (χ1) is 6.47. The van der Waals surface area contributed by atoms with Crippen molar-refractivity contribution >= 4 is 10.0 Å². The summed E-state index contributed by atoms with van der Waals surface area (Å²) in [4.78, 5) is 0.324. The Labute approximate surface area is 83.2 Å². The molecule has 0 radical (unpaired) electrons. The summed E-state index contributed by atoms with van der Waals surface area (Å²) in [6.07, 6.45) is 4.99. The second-order valence-corrected chi connectivity index (χ2v) is 5.94. The Morgan fingerprint density at radius 1 is 1.57 bits per heavy atom. The number of hydrogen-bond donors (Lipinski definition) is 1. The zero-order chi connectivity index (χ0) is 10.1. The Morgan fingerprint density at radius 2 is 2.29 bits per heavy atom. The number of hydrogen-bond acceptors (Lipinski definition) is 2. The van der Waals surface area contributed by atoms with E-state index in [9.17, 15) is 8.42 Å². The number of allylic oxidation sites excluding steroid dienone is 3. The van der Waals surface area contributed by atoms with Crippen LogP contribution in [0.2, 0.25) is 0 Å². The number of nitrogens with one attached hydrogen (secondary N) is 1. The van der Waals surface area contributed by atoms with Gasteiger partial charge in [-0.3, -0.25) is 4.72 Å². The Kier molecular flexibility index (Phi) is 1.17. The van der Waals surface area contributed by atoms with Crippen molar-refractivity contribution < 1.29 is 8.42 Å². The predicted octanol–water partition coefficient (Wildman–Crippen LogP) is 1.28. The van der Waals surface area contributed by atoms with Gasteiger partial charge in [0, 0.05) is 5.70 Å². The van der Waals surface area contributed by atoms with Crippen molar-refractivity contribution in [3.05, 3.63) is 34.9 Å². The van der Waals surface area contributed by atoms with E-state index in [1.165, 1.54) is 0 Å². The molecule has 1 N–H and O–H groups in total. The molecule has 2 unspecified atom stereocenters. The molecule has 0 aromatic carbocycles. The molecule has 2 bridgehead atoms. The summed E-state index contributed by atoms with van der Waals surface area (Å²) >= 11 is 0.